The van der Waals surface area contributed by atoms with Crippen LogP contribution in [0.1, 0.15) is 5.56 Å². The van der Waals surface area contributed by atoms with E-state index in [2.05, 4.69) is 35.2 Å². The number of rotatable bonds is 3. The predicted molar refractivity (Wildman–Crippen MR) is 72.2 cm³/mol. The fourth-order valence-electron chi connectivity index (χ4n) is 3.76. The number of nitrogens with two attached hydrogens (primary N) is 1. The summed E-state index contributed by atoms with van der Waals surface area (Å²) in [7, 11) is 0. The van der Waals surface area contributed by atoms with Crippen LogP contribution >= 0.6 is 0 Å². The first-order valence-corrected chi connectivity index (χ1v) is 7.06. The van der Waals surface area contributed by atoms with E-state index >= 15 is 0 Å². The largest absolute Gasteiger partial charge is 0.336 e. The van der Waals surface area contributed by atoms with Crippen LogP contribution in [-0.2, 0) is 11.3 Å². The fraction of sp³-hybridized carbons (Fsp3) is 0.533. The lowest BCUT2D eigenvalue weighted by Gasteiger charge is -2.38. The van der Waals surface area contributed by atoms with Crippen LogP contribution in [0.4, 0.5) is 0 Å². The zero-order valence-corrected chi connectivity index (χ0v) is 10.9. The third kappa shape index (κ3) is 1.78. The van der Waals surface area contributed by atoms with Crippen LogP contribution in [0.2, 0.25) is 0 Å². The van der Waals surface area contributed by atoms with E-state index in [4.69, 9.17) is 5.73 Å². The predicted octanol–water partition coefficient (Wildman–Crippen LogP) is 0.286. The third-order valence-corrected chi connectivity index (χ3v) is 4.83. The first kappa shape index (κ1) is 11.4. The maximum absolute atomic E-state index is 11.6. The SMILES string of the molecule is NC1CN(C2C3CN(Cc4ccccc4)CC32)C1=O. The molecule has 0 radical (unpaired) electrons. The third-order valence-electron chi connectivity index (χ3n) is 4.83. The maximum atomic E-state index is 11.6. The number of amides is 1. The lowest BCUT2D eigenvalue weighted by atomic mass is 10.1. The van der Waals surface area contributed by atoms with Gasteiger partial charge in [0.1, 0.15) is 6.04 Å². The summed E-state index contributed by atoms with van der Waals surface area (Å²) in [6.07, 6.45) is 0. The molecule has 1 amide bonds. The van der Waals surface area contributed by atoms with Crippen molar-refractivity contribution in [2.45, 2.75) is 18.6 Å². The number of nitrogens with zero attached hydrogens (tertiary/aromatic N) is 2. The molecule has 4 heteroatoms. The van der Waals surface area contributed by atoms with Crippen LogP contribution in [0, 0.1) is 11.8 Å². The van der Waals surface area contributed by atoms with E-state index in [0.717, 1.165) is 26.2 Å². The van der Waals surface area contributed by atoms with E-state index in [1.54, 1.807) is 0 Å². The standard InChI is InChI=1S/C15H19N3O/c16-13-9-18(15(13)19)14-11-7-17(8-12(11)14)6-10-4-2-1-3-5-10/h1-5,11-14H,6-9,16H2. The molecule has 100 valence electrons. The van der Waals surface area contributed by atoms with Gasteiger partial charge in [-0.1, -0.05) is 30.3 Å². The van der Waals surface area contributed by atoms with Crippen LogP contribution < -0.4 is 5.73 Å². The topological polar surface area (TPSA) is 49.6 Å². The van der Waals surface area contributed by atoms with E-state index in [-0.39, 0.29) is 11.9 Å². The zero-order chi connectivity index (χ0) is 13.0. The van der Waals surface area contributed by atoms with Gasteiger partial charge in [0.25, 0.3) is 0 Å². The second kappa shape index (κ2) is 4.05. The molecule has 2 N–H and O–H groups in total. The summed E-state index contributed by atoms with van der Waals surface area (Å²) in [6, 6.07) is 10.9. The number of piperidine rings is 1. The Hall–Kier alpha value is -1.39. The zero-order valence-electron chi connectivity index (χ0n) is 10.9. The van der Waals surface area contributed by atoms with E-state index in [1.165, 1.54) is 5.56 Å². The van der Waals surface area contributed by atoms with Crippen molar-refractivity contribution in [2.75, 3.05) is 19.6 Å². The van der Waals surface area contributed by atoms with Crippen molar-refractivity contribution in [3.8, 4) is 0 Å². The number of hydrogen-bond acceptors (Lipinski definition) is 3. The fourth-order valence-corrected chi connectivity index (χ4v) is 3.76. The summed E-state index contributed by atoms with van der Waals surface area (Å²) in [5, 5.41) is 0. The molecule has 0 bridgehead atoms. The molecule has 3 atom stereocenters. The lowest BCUT2D eigenvalue weighted by Crippen LogP contribution is -2.62. The van der Waals surface area contributed by atoms with Gasteiger partial charge in [-0.05, 0) is 17.4 Å². The highest BCUT2D eigenvalue weighted by atomic mass is 16.2. The van der Waals surface area contributed by atoms with Crippen molar-refractivity contribution in [2.24, 2.45) is 17.6 Å². The van der Waals surface area contributed by atoms with Gasteiger partial charge in [0.05, 0.1) is 0 Å². The Kier molecular flexibility index (Phi) is 2.44. The minimum Gasteiger partial charge on any atom is -0.336 e. The van der Waals surface area contributed by atoms with Crippen molar-refractivity contribution in [1.29, 1.82) is 0 Å². The van der Waals surface area contributed by atoms with Crippen LogP contribution in [0.3, 0.4) is 0 Å². The van der Waals surface area contributed by atoms with E-state index < -0.39 is 0 Å². The Labute approximate surface area is 113 Å². The quantitative estimate of drug-likeness (QED) is 0.792. The van der Waals surface area contributed by atoms with Gasteiger partial charge < -0.3 is 10.6 Å². The number of carbonyl (C=O) groups is 1. The highest BCUT2D eigenvalue weighted by Crippen LogP contribution is 2.50. The molecule has 0 spiro atoms. The molecule has 0 aromatic heterocycles. The van der Waals surface area contributed by atoms with Gasteiger partial charge >= 0.3 is 0 Å². The monoisotopic (exact) mass is 257 g/mol. The second-order valence-electron chi connectivity index (χ2n) is 6.10. The Bertz CT molecular complexity index is 491. The van der Waals surface area contributed by atoms with Crippen molar-refractivity contribution in [3.63, 3.8) is 0 Å². The molecule has 1 saturated carbocycles. The molecule has 1 aromatic rings. The number of benzene rings is 1. The average molecular weight is 257 g/mol. The Morgan fingerprint density at radius 3 is 2.37 bits per heavy atom. The average Bonchev–Trinajstić information content (AvgIpc) is 2.90. The van der Waals surface area contributed by atoms with Crippen LogP contribution in [-0.4, -0.2) is 47.4 Å². The van der Waals surface area contributed by atoms with Gasteiger partial charge in [0, 0.05) is 32.2 Å². The molecule has 2 heterocycles. The Morgan fingerprint density at radius 2 is 1.79 bits per heavy atom. The maximum Gasteiger partial charge on any atom is 0.241 e. The molecule has 4 nitrogen and oxygen atoms in total. The van der Waals surface area contributed by atoms with Gasteiger partial charge in [0.15, 0.2) is 0 Å². The number of carbonyl (C=O) groups excluding carboxylic acids is 1. The van der Waals surface area contributed by atoms with E-state index in [1.807, 2.05) is 4.90 Å². The summed E-state index contributed by atoms with van der Waals surface area (Å²) in [5.41, 5.74) is 7.03. The van der Waals surface area contributed by atoms with Crippen LogP contribution in [0.15, 0.2) is 30.3 Å². The molecule has 2 saturated heterocycles. The van der Waals surface area contributed by atoms with Crippen molar-refractivity contribution in [1.82, 2.24) is 9.80 Å². The minimum atomic E-state index is -0.221. The molecule has 3 unspecified atom stereocenters. The Balaban J connectivity index is 1.33. The summed E-state index contributed by atoms with van der Waals surface area (Å²) in [6.45, 7) is 4.07. The molecule has 4 rings (SSSR count). The highest BCUT2D eigenvalue weighted by Gasteiger charge is 2.61. The molecular weight excluding hydrogens is 238 g/mol. The van der Waals surface area contributed by atoms with Gasteiger partial charge in [0.2, 0.25) is 5.91 Å². The molecular formula is C15H19N3O. The molecule has 3 aliphatic rings. The highest BCUT2D eigenvalue weighted by molar-refractivity contribution is 5.88. The van der Waals surface area contributed by atoms with Gasteiger partial charge in [-0.15, -0.1) is 0 Å². The smallest absolute Gasteiger partial charge is 0.241 e. The molecule has 3 fully saturated rings. The summed E-state index contributed by atoms with van der Waals surface area (Å²) in [5.74, 6) is 1.55. The molecule has 1 aromatic carbocycles. The number of β-lactam (4-membered cyclic amide) rings is 1. The molecule has 1 aliphatic carbocycles. The summed E-state index contributed by atoms with van der Waals surface area (Å²) >= 11 is 0. The van der Waals surface area contributed by atoms with E-state index in [9.17, 15) is 4.79 Å². The lowest BCUT2D eigenvalue weighted by molar-refractivity contribution is -0.143. The summed E-state index contributed by atoms with van der Waals surface area (Å²) < 4.78 is 0. The number of likely N-dealkylation sites (tertiary alicyclic amines) is 2. The normalized spacial score (nSPS) is 37.1. The van der Waals surface area contributed by atoms with Crippen LogP contribution in [0.5, 0.6) is 0 Å². The van der Waals surface area contributed by atoms with Crippen molar-refractivity contribution >= 4 is 5.91 Å². The van der Waals surface area contributed by atoms with Crippen molar-refractivity contribution < 1.29 is 4.79 Å². The first-order valence-electron chi connectivity index (χ1n) is 7.06. The number of fused-ring (bicyclic) bond motifs is 1. The van der Waals surface area contributed by atoms with E-state index in [0.29, 0.717) is 17.9 Å². The molecule has 2 aliphatic heterocycles. The van der Waals surface area contributed by atoms with Gasteiger partial charge in [-0.25, -0.2) is 0 Å². The number of hydrogen-bond donors (Lipinski definition) is 1. The van der Waals surface area contributed by atoms with Crippen molar-refractivity contribution in [3.05, 3.63) is 35.9 Å². The van der Waals surface area contributed by atoms with Crippen LogP contribution in [0.25, 0.3) is 0 Å². The van der Waals surface area contributed by atoms with Gasteiger partial charge in [-0.2, -0.15) is 0 Å². The molecule has 19 heavy (non-hydrogen) atoms. The summed E-state index contributed by atoms with van der Waals surface area (Å²) in [4.78, 5) is 16.1. The van der Waals surface area contributed by atoms with Gasteiger partial charge in [-0.3, -0.25) is 9.69 Å². The second-order valence-corrected chi connectivity index (χ2v) is 6.10. The Morgan fingerprint density at radius 1 is 1.11 bits per heavy atom. The minimum absolute atomic E-state index is 0.161. The first-order chi connectivity index (χ1) is 9.24.